The van der Waals surface area contributed by atoms with Crippen LogP contribution in [0.4, 0.5) is 0 Å². The van der Waals surface area contributed by atoms with Gasteiger partial charge in [0.25, 0.3) is 0 Å². The number of hydrogen-bond donors (Lipinski definition) is 7. The molecule has 0 aromatic carbocycles. The van der Waals surface area contributed by atoms with Crippen molar-refractivity contribution in [3.63, 3.8) is 0 Å². The molecule has 0 aliphatic carbocycles. The topological polar surface area (TPSA) is 161 Å². The Balaban J connectivity index is 1.67. The number of hydrogen-bond acceptors (Lipinski definition) is 6. The predicted molar refractivity (Wildman–Crippen MR) is 171 cm³/mol. The van der Waals surface area contributed by atoms with E-state index in [4.69, 9.17) is 0 Å². The molecule has 44 heavy (non-hydrogen) atoms. The minimum Gasteiger partial charge on any atom is -0.481 e. The molecule has 4 heterocycles. The van der Waals surface area contributed by atoms with Crippen LogP contribution in [0.2, 0.25) is 0 Å². The molecule has 0 radical (unpaired) electrons. The highest BCUT2D eigenvalue weighted by Crippen LogP contribution is 2.35. The molecule has 4 rings (SSSR count). The van der Waals surface area contributed by atoms with Crippen molar-refractivity contribution in [2.75, 3.05) is 0 Å². The molecule has 10 nitrogen and oxygen atoms in total. The van der Waals surface area contributed by atoms with Gasteiger partial charge in [0.2, 0.25) is 11.8 Å². The quantitative estimate of drug-likeness (QED) is 0.164. The Morgan fingerprint density at radius 1 is 0.977 bits per heavy atom. The zero-order chi connectivity index (χ0) is 32.5. The lowest BCUT2D eigenvalue weighted by molar-refractivity contribution is -0.138. The molecule has 3 aliphatic rings. The molecule has 3 unspecified atom stereocenters. The monoisotopic (exact) mass is 626 g/mol. The number of allylic oxidation sites excluding steroid dienone is 1. The second kappa shape index (κ2) is 13.7. The highest BCUT2D eigenvalue weighted by molar-refractivity contribution is 7.80. The van der Waals surface area contributed by atoms with Crippen molar-refractivity contribution >= 4 is 36.4 Å². The van der Waals surface area contributed by atoms with Gasteiger partial charge in [-0.3, -0.25) is 19.2 Å². The molecule has 0 bridgehead atoms. The van der Waals surface area contributed by atoms with Crippen LogP contribution in [-0.4, -0.2) is 62.3 Å². The van der Waals surface area contributed by atoms with Gasteiger partial charge in [0.05, 0.1) is 12.1 Å². The Bertz CT molecular complexity index is 1440. The van der Waals surface area contributed by atoms with Gasteiger partial charge in [0.15, 0.2) is 0 Å². The summed E-state index contributed by atoms with van der Waals surface area (Å²) >= 11 is 4.67. The van der Waals surface area contributed by atoms with E-state index in [-0.39, 0.29) is 59.9 Å². The number of aromatic nitrogens is 1. The number of nitrogens with one attached hydrogen (secondary N) is 4. The number of aliphatic carboxylic acids is 2. The number of carboxylic acids is 2. The summed E-state index contributed by atoms with van der Waals surface area (Å²) in [5.41, 5.74) is 8.38. The van der Waals surface area contributed by atoms with Gasteiger partial charge in [-0.2, -0.15) is 12.6 Å². The van der Waals surface area contributed by atoms with Gasteiger partial charge in [0, 0.05) is 71.5 Å². The fourth-order valence-corrected chi connectivity index (χ4v) is 7.72. The van der Waals surface area contributed by atoms with Crippen molar-refractivity contribution in [2.24, 2.45) is 11.8 Å². The van der Waals surface area contributed by atoms with Crippen molar-refractivity contribution in [1.82, 2.24) is 20.9 Å². The lowest BCUT2D eigenvalue weighted by Gasteiger charge is -2.24. The van der Waals surface area contributed by atoms with E-state index in [0.717, 1.165) is 50.5 Å². The zero-order valence-electron chi connectivity index (χ0n) is 26.5. The van der Waals surface area contributed by atoms with E-state index in [0.29, 0.717) is 32.1 Å². The van der Waals surface area contributed by atoms with E-state index in [1.165, 1.54) is 0 Å². The van der Waals surface area contributed by atoms with Crippen LogP contribution < -0.4 is 16.0 Å². The maximum atomic E-state index is 12.6. The summed E-state index contributed by atoms with van der Waals surface area (Å²) in [5, 5.41) is 28.8. The van der Waals surface area contributed by atoms with Gasteiger partial charge >= 0.3 is 11.9 Å². The Labute approximate surface area is 264 Å². The second-order valence-electron chi connectivity index (χ2n) is 12.5. The Hall–Kier alpha value is -3.47. The summed E-state index contributed by atoms with van der Waals surface area (Å²) in [6.45, 7) is 11.8. The van der Waals surface area contributed by atoms with Crippen LogP contribution in [0.5, 0.6) is 0 Å². The van der Waals surface area contributed by atoms with Crippen molar-refractivity contribution in [3.05, 3.63) is 56.6 Å². The second-order valence-corrected chi connectivity index (χ2v) is 13.3. The number of amides is 2. The smallest absolute Gasteiger partial charge is 0.303 e. The Morgan fingerprint density at radius 3 is 2.23 bits per heavy atom. The summed E-state index contributed by atoms with van der Waals surface area (Å²) < 4.78 is 0. The fourth-order valence-electron chi connectivity index (χ4n) is 7.25. The molecule has 6 atom stereocenters. The molecule has 1 saturated heterocycles. The molecule has 3 aliphatic heterocycles. The molecular formula is C33H46N4O6S. The van der Waals surface area contributed by atoms with Gasteiger partial charge in [-0.1, -0.05) is 20.8 Å². The number of rotatable bonds is 13. The lowest BCUT2D eigenvalue weighted by Crippen LogP contribution is -2.34. The SMILES string of the molecule is CCC1=C(C)C(/C=C2/NC(Cc3[nH]c(CC4NC(=O)[C@H](C)[C@H]4[C@@H](C)S)c(C)c3CCC(=O)O)C(CCC(=O)O)=C2C)NC1=O. The molecule has 11 heteroatoms. The number of carboxylic acid groups (broad SMARTS) is 2. The minimum absolute atomic E-state index is 0.0129. The first-order chi connectivity index (χ1) is 20.7. The molecule has 240 valence electrons. The van der Waals surface area contributed by atoms with Crippen molar-refractivity contribution in [3.8, 4) is 0 Å². The van der Waals surface area contributed by atoms with Gasteiger partial charge < -0.3 is 31.1 Å². The molecule has 0 saturated carbocycles. The number of H-pyrrole nitrogens is 1. The standard InChI is InChI=1S/C33H46N4O6S/c1-7-20-15(2)25(36-33(20)43)12-23-16(3)21(8-10-29(38)39)26(34-23)14-27-22(9-11-30(40)41)17(4)24(35-27)13-28-31(19(6)44)18(5)32(42)37-28/h12,18-19,25-26,28,31,34-35,44H,7-11,13-14H2,1-6H3,(H,36,43)(H,37,42)(H,38,39)(H,40,41)/b23-12+/t18-,19-,25?,26?,28?,31+/m1/s1. The third-order valence-corrected chi connectivity index (χ3v) is 10.1. The summed E-state index contributed by atoms with van der Waals surface area (Å²) in [4.78, 5) is 51.8. The molecule has 6 N–H and O–H groups in total. The molecular weight excluding hydrogens is 580 g/mol. The average molecular weight is 627 g/mol. The maximum Gasteiger partial charge on any atom is 0.303 e. The molecule has 2 amide bonds. The first kappa shape index (κ1) is 33.4. The van der Waals surface area contributed by atoms with E-state index in [2.05, 4.69) is 33.6 Å². The van der Waals surface area contributed by atoms with E-state index in [1.54, 1.807) is 0 Å². The average Bonchev–Trinajstić information content (AvgIpc) is 3.59. The minimum atomic E-state index is -0.880. The number of aromatic amines is 1. The highest BCUT2D eigenvalue weighted by Gasteiger charge is 2.42. The van der Waals surface area contributed by atoms with Crippen LogP contribution in [0.25, 0.3) is 0 Å². The number of carbonyl (C=O) groups excluding carboxylic acids is 2. The molecule has 1 aromatic rings. The van der Waals surface area contributed by atoms with E-state index in [9.17, 15) is 29.4 Å². The zero-order valence-corrected chi connectivity index (χ0v) is 27.4. The van der Waals surface area contributed by atoms with E-state index >= 15 is 0 Å². The largest absolute Gasteiger partial charge is 0.481 e. The Morgan fingerprint density at radius 2 is 1.64 bits per heavy atom. The molecule has 1 aromatic heterocycles. The molecule has 0 spiro atoms. The van der Waals surface area contributed by atoms with Gasteiger partial charge in [-0.25, -0.2) is 0 Å². The van der Waals surface area contributed by atoms with Crippen molar-refractivity contribution in [2.45, 2.75) is 110 Å². The maximum absolute atomic E-state index is 12.6. The first-order valence-electron chi connectivity index (χ1n) is 15.5. The van der Waals surface area contributed by atoms with Crippen LogP contribution in [0.15, 0.2) is 34.1 Å². The van der Waals surface area contributed by atoms with Crippen LogP contribution in [0.1, 0.15) is 82.8 Å². The highest BCUT2D eigenvalue weighted by atomic mass is 32.1. The summed E-state index contributed by atoms with van der Waals surface area (Å²) in [7, 11) is 0. The third kappa shape index (κ3) is 6.92. The van der Waals surface area contributed by atoms with Crippen LogP contribution in [0.3, 0.4) is 0 Å². The van der Waals surface area contributed by atoms with Crippen LogP contribution >= 0.6 is 12.6 Å². The van der Waals surface area contributed by atoms with Crippen molar-refractivity contribution < 1.29 is 29.4 Å². The van der Waals surface area contributed by atoms with Gasteiger partial charge in [0.1, 0.15) is 0 Å². The van der Waals surface area contributed by atoms with E-state index < -0.39 is 11.9 Å². The lowest BCUT2D eigenvalue weighted by atomic mass is 9.86. The van der Waals surface area contributed by atoms with Gasteiger partial charge in [-0.05, 0) is 74.0 Å². The normalized spacial score (nSPS) is 26.8. The third-order valence-electron chi connectivity index (χ3n) is 9.77. The van der Waals surface area contributed by atoms with Gasteiger partial charge in [-0.15, -0.1) is 0 Å². The van der Waals surface area contributed by atoms with Crippen LogP contribution in [0, 0.1) is 18.8 Å². The van der Waals surface area contributed by atoms with E-state index in [1.807, 2.05) is 47.6 Å². The van der Waals surface area contributed by atoms with Crippen LogP contribution in [-0.2, 0) is 38.4 Å². The first-order valence-corrected chi connectivity index (χ1v) is 16.0. The van der Waals surface area contributed by atoms with Crippen molar-refractivity contribution in [1.29, 1.82) is 0 Å². The number of carbonyl (C=O) groups is 4. The molecule has 1 fully saturated rings. The summed E-state index contributed by atoms with van der Waals surface area (Å²) in [5.74, 6) is -1.90. The summed E-state index contributed by atoms with van der Waals surface area (Å²) in [6, 6.07) is -0.551. The Kier molecular flexibility index (Phi) is 10.4. The summed E-state index contributed by atoms with van der Waals surface area (Å²) in [6.07, 6.45) is 4.43. The predicted octanol–water partition coefficient (Wildman–Crippen LogP) is 3.76. The fraction of sp³-hybridized carbons (Fsp3) is 0.576. The number of thiol groups is 1.